The molecule has 0 aliphatic carbocycles. The van der Waals surface area contributed by atoms with Gasteiger partial charge in [0, 0.05) is 12.3 Å². The average Bonchev–Trinajstić information content (AvgIpc) is 2.61. The van der Waals surface area contributed by atoms with Crippen LogP contribution in [0.2, 0.25) is 0 Å². The zero-order chi connectivity index (χ0) is 16.2. The number of hydrogen-bond donors (Lipinski definition) is 0. The van der Waals surface area contributed by atoms with E-state index < -0.39 is 0 Å². The minimum atomic E-state index is 0.116. The average molecular weight is 302 g/mol. The lowest BCUT2D eigenvalue weighted by Crippen LogP contribution is -2.13. The zero-order valence-electron chi connectivity index (χ0n) is 13.8. The van der Waals surface area contributed by atoms with Gasteiger partial charge in [-0.25, -0.2) is 0 Å². The first-order valence-corrected chi connectivity index (χ1v) is 8.29. The van der Waals surface area contributed by atoms with E-state index in [1.165, 1.54) is 21.9 Å². The van der Waals surface area contributed by atoms with Crippen molar-refractivity contribution >= 4 is 16.6 Å². The van der Waals surface area contributed by atoms with Gasteiger partial charge in [-0.05, 0) is 33.9 Å². The fourth-order valence-electron chi connectivity index (χ4n) is 3.00. The molecule has 0 saturated heterocycles. The molecule has 1 heteroatoms. The molecule has 0 saturated carbocycles. The van der Waals surface area contributed by atoms with E-state index in [2.05, 4.69) is 67.6 Å². The van der Waals surface area contributed by atoms with Crippen molar-refractivity contribution in [3.8, 4) is 11.1 Å². The molecule has 116 valence electrons. The Morgan fingerprint density at radius 2 is 1.61 bits per heavy atom. The van der Waals surface area contributed by atoms with Crippen LogP contribution in [-0.2, 0) is 11.2 Å². The van der Waals surface area contributed by atoms with E-state index in [1.54, 1.807) is 0 Å². The van der Waals surface area contributed by atoms with Gasteiger partial charge in [0.1, 0.15) is 5.78 Å². The van der Waals surface area contributed by atoms with Gasteiger partial charge in [0.15, 0.2) is 0 Å². The maximum Gasteiger partial charge on any atom is 0.140 e. The van der Waals surface area contributed by atoms with Gasteiger partial charge < -0.3 is 0 Å². The summed E-state index contributed by atoms with van der Waals surface area (Å²) in [6.45, 7) is 4.09. The molecule has 23 heavy (non-hydrogen) atoms. The van der Waals surface area contributed by atoms with E-state index in [9.17, 15) is 4.79 Å². The van der Waals surface area contributed by atoms with Crippen LogP contribution in [0, 0.1) is 5.92 Å². The Kier molecular flexibility index (Phi) is 4.57. The second kappa shape index (κ2) is 6.78. The molecule has 0 amide bonds. The molecule has 0 heterocycles. The highest BCUT2D eigenvalue weighted by Crippen LogP contribution is 2.33. The Morgan fingerprint density at radius 1 is 0.913 bits per heavy atom. The number of carbonyl (C=O) groups is 1. The molecule has 3 aromatic carbocycles. The molecule has 0 spiro atoms. The molecular weight excluding hydrogens is 280 g/mol. The third-order valence-corrected chi connectivity index (χ3v) is 4.60. The number of hydrogen-bond acceptors (Lipinski definition) is 1. The number of ketones is 1. The SMILES string of the molecule is CCC(C)C(=O)Cc1ccc2ccccc2c1-c1ccccc1. The number of carbonyl (C=O) groups excluding carboxylic acids is 1. The lowest BCUT2D eigenvalue weighted by atomic mass is 9.89. The van der Waals surface area contributed by atoms with E-state index in [1.807, 2.05) is 13.0 Å². The Balaban J connectivity index is 2.16. The lowest BCUT2D eigenvalue weighted by molar-refractivity contribution is -0.121. The molecule has 3 rings (SSSR count). The van der Waals surface area contributed by atoms with Crippen LogP contribution >= 0.6 is 0 Å². The zero-order valence-corrected chi connectivity index (χ0v) is 13.8. The van der Waals surface area contributed by atoms with Crippen molar-refractivity contribution in [3.05, 3.63) is 72.3 Å². The Hall–Kier alpha value is -2.41. The lowest BCUT2D eigenvalue weighted by Gasteiger charge is -2.15. The molecule has 1 atom stereocenters. The third kappa shape index (κ3) is 3.19. The predicted molar refractivity (Wildman–Crippen MR) is 97.6 cm³/mol. The Labute approximate surface area is 138 Å². The summed E-state index contributed by atoms with van der Waals surface area (Å²) >= 11 is 0. The summed E-state index contributed by atoms with van der Waals surface area (Å²) < 4.78 is 0. The topological polar surface area (TPSA) is 17.1 Å². The summed E-state index contributed by atoms with van der Waals surface area (Å²) in [5.41, 5.74) is 3.50. The molecule has 1 unspecified atom stereocenters. The van der Waals surface area contributed by atoms with Gasteiger partial charge in [0.25, 0.3) is 0 Å². The number of Topliss-reactive ketones (excluding diaryl/α,β-unsaturated/α-hetero) is 1. The van der Waals surface area contributed by atoms with E-state index in [-0.39, 0.29) is 5.92 Å². The van der Waals surface area contributed by atoms with Gasteiger partial charge in [-0.15, -0.1) is 0 Å². The highest BCUT2D eigenvalue weighted by molar-refractivity contribution is 6.00. The van der Waals surface area contributed by atoms with Gasteiger partial charge in [0.05, 0.1) is 0 Å². The normalized spacial score (nSPS) is 12.3. The Morgan fingerprint density at radius 3 is 2.35 bits per heavy atom. The first kappa shape index (κ1) is 15.5. The summed E-state index contributed by atoms with van der Waals surface area (Å²) in [6.07, 6.45) is 1.40. The first-order valence-electron chi connectivity index (χ1n) is 8.29. The predicted octanol–water partition coefficient (Wildman–Crippen LogP) is 5.66. The van der Waals surface area contributed by atoms with Crippen molar-refractivity contribution in [2.45, 2.75) is 26.7 Å². The fraction of sp³-hybridized carbons (Fsp3) is 0.227. The number of rotatable bonds is 5. The second-order valence-corrected chi connectivity index (χ2v) is 6.14. The van der Waals surface area contributed by atoms with Gasteiger partial charge in [-0.1, -0.05) is 80.6 Å². The molecule has 0 radical (unpaired) electrons. The quantitative estimate of drug-likeness (QED) is 0.594. The van der Waals surface area contributed by atoms with Crippen molar-refractivity contribution < 1.29 is 4.79 Å². The maximum absolute atomic E-state index is 12.5. The van der Waals surface area contributed by atoms with Gasteiger partial charge in [0.2, 0.25) is 0 Å². The minimum Gasteiger partial charge on any atom is -0.299 e. The van der Waals surface area contributed by atoms with E-state index >= 15 is 0 Å². The maximum atomic E-state index is 12.5. The van der Waals surface area contributed by atoms with Crippen molar-refractivity contribution in [1.29, 1.82) is 0 Å². The van der Waals surface area contributed by atoms with Crippen LogP contribution in [0.4, 0.5) is 0 Å². The summed E-state index contributed by atoms with van der Waals surface area (Å²) in [4.78, 5) is 12.5. The number of benzene rings is 3. The summed E-state index contributed by atoms with van der Waals surface area (Å²) in [7, 11) is 0. The molecular formula is C22H22O. The van der Waals surface area contributed by atoms with Crippen LogP contribution in [-0.4, -0.2) is 5.78 Å². The summed E-state index contributed by atoms with van der Waals surface area (Å²) in [5.74, 6) is 0.435. The van der Waals surface area contributed by atoms with Crippen LogP contribution in [0.15, 0.2) is 66.7 Å². The highest BCUT2D eigenvalue weighted by Gasteiger charge is 2.16. The highest BCUT2D eigenvalue weighted by atomic mass is 16.1. The van der Waals surface area contributed by atoms with Gasteiger partial charge in [-0.2, -0.15) is 0 Å². The molecule has 0 aliphatic heterocycles. The molecule has 0 aliphatic rings. The van der Waals surface area contributed by atoms with Crippen molar-refractivity contribution in [2.75, 3.05) is 0 Å². The van der Waals surface area contributed by atoms with Crippen molar-refractivity contribution in [3.63, 3.8) is 0 Å². The van der Waals surface area contributed by atoms with Crippen molar-refractivity contribution in [2.24, 2.45) is 5.92 Å². The molecule has 3 aromatic rings. The second-order valence-electron chi connectivity index (χ2n) is 6.14. The van der Waals surface area contributed by atoms with E-state index in [4.69, 9.17) is 0 Å². The van der Waals surface area contributed by atoms with Crippen LogP contribution in [0.1, 0.15) is 25.8 Å². The third-order valence-electron chi connectivity index (χ3n) is 4.60. The van der Waals surface area contributed by atoms with Crippen LogP contribution < -0.4 is 0 Å². The summed E-state index contributed by atoms with van der Waals surface area (Å²) in [6, 6.07) is 23.0. The monoisotopic (exact) mass is 302 g/mol. The van der Waals surface area contributed by atoms with Crippen LogP contribution in [0.5, 0.6) is 0 Å². The van der Waals surface area contributed by atoms with Gasteiger partial charge >= 0.3 is 0 Å². The molecule has 1 nitrogen and oxygen atoms in total. The van der Waals surface area contributed by atoms with Crippen LogP contribution in [0.25, 0.3) is 21.9 Å². The standard InChI is InChI=1S/C22H22O/c1-3-16(2)21(23)15-19-14-13-17-9-7-8-12-20(17)22(19)18-10-5-4-6-11-18/h4-14,16H,3,15H2,1-2H3. The molecule has 0 fully saturated rings. The van der Waals surface area contributed by atoms with E-state index in [0.717, 1.165) is 12.0 Å². The fourth-order valence-corrected chi connectivity index (χ4v) is 3.00. The first-order chi connectivity index (χ1) is 11.2. The minimum absolute atomic E-state index is 0.116. The van der Waals surface area contributed by atoms with E-state index in [0.29, 0.717) is 12.2 Å². The molecule has 0 bridgehead atoms. The summed E-state index contributed by atoms with van der Waals surface area (Å²) in [5, 5.41) is 2.43. The largest absolute Gasteiger partial charge is 0.299 e. The van der Waals surface area contributed by atoms with Crippen LogP contribution in [0.3, 0.4) is 0 Å². The molecule has 0 aromatic heterocycles. The van der Waals surface area contributed by atoms with Gasteiger partial charge in [-0.3, -0.25) is 4.79 Å². The smallest absolute Gasteiger partial charge is 0.140 e. The Bertz CT molecular complexity index is 818. The van der Waals surface area contributed by atoms with Crippen molar-refractivity contribution in [1.82, 2.24) is 0 Å². The number of fused-ring (bicyclic) bond motifs is 1. The molecule has 0 N–H and O–H groups in total.